The van der Waals surface area contributed by atoms with Gasteiger partial charge in [0.05, 0.1) is 6.04 Å². The highest BCUT2D eigenvalue weighted by atomic mass is 16.5. The summed E-state index contributed by atoms with van der Waals surface area (Å²) in [7, 11) is 3.13. The molecule has 1 rings (SSSR count). The number of carboxylic acids is 1. The molecule has 190 valence electrons. The Balaban J connectivity index is 3.29. The van der Waals surface area contributed by atoms with E-state index in [9.17, 15) is 19.5 Å². The van der Waals surface area contributed by atoms with Crippen LogP contribution in [-0.4, -0.2) is 60.1 Å². The molecule has 0 radical (unpaired) electrons. The van der Waals surface area contributed by atoms with Gasteiger partial charge in [0.1, 0.15) is 12.1 Å². The second-order valence-corrected chi connectivity index (χ2v) is 10.8. The van der Waals surface area contributed by atoms with Crippen molar-refractivity contribution < 1.29 is 24.2 Å². The predicted octanol–water partition coefficient (Wildman–Crippen LogP) is 4.02. The van der Waals surface area contributed by atoms with Gasteiger partial charge in [0.25, 0.3) is 5.91 Å². The van der Waals surface area contributed by atoms with Gasteiger partial charge in [-0.3, -0.25) is 9.59 Å². The van der Waals surface area contributed by atoms with Gasteiger partial charge in [-0.1, -0.05) is 84.9 Å². The van der Waals surface area contributed by atoms with Gasteiger partial charge in [-0.15, -0.1) is 0 Å². The summed E-state index contributed by atoms with van der Waals surface area (Å²) in [5.41, 5.74) is -0.122. The van der Waals surface area contributed by atoms with E-state index in [1.54, 1.807) is 13.1 Å². The van der Waals surface area contributed by atoms with Crippen LogP contribution in [0.1, 0.15) is 61.0 Å². The minimum absolute atomic E-state index is 0.0247. The number of aliphatic carboxylic acids is 1. The Kier molecular flexibility index (Phi) is 10.1. The van der Waals surface area contributed by atoms with Crippen LogP contribution in [0.3, 0.4) is 0 Å². The first-order valence-electron chi connectivity index (χ1n) is 11.6. The summed E-state index contributed by atoms with van der Waals surface area (Å²) < 4.78 is 5.64. The molecule has 0 spiro atoms. The second kappa shape index (κ2) is 11.6. The number of nitrogens with one attached hydrogen (secondary N) is 1. The molecular weight excluding hydrogens is 432 g/mol. The normalized spacial score (nSPS) is 15.4. The topological polar surface area (TPSA) is 95.9 Å². The van der Waals surface area contributed by atoms with Gasteiger partial charge in [0.2, 0.25) is 5.91 Å². The smallest absolute Gasteiger partial charge is 0.331 e. The third kappa shape index (κ3) is 7.16. The summed E-state index contributed by atoms with van der Waals surface area (Å²) in [6, 6.07) is 8.36. The molecule has 1 unspecified atom stereocenters. The van der Waals surface area contributed by atoms with Crippen molar-refractivity contribution in [2.75, 3.05) is 14.2 Å². The Labute approximate surface area is 204 Å². The van der Waals surface area contributed by atoms with E-state index in [2.05, 4.69) is 5.32 Å². The molecule has 0 aliphatic heterocycles. The number of hydrogen-bond acceptors (Lipinski definition) is 4. The molecule has 1 aromatic carbocycles. The Morgan fingerprint density at radius 3 is 2.00 bits per heavy atom. The number of hydrogen-bond donors (Lipinski definition) is 2. The number of carbonyl (C=O) groups is 3. The third-order valence-electron chi connectivity index (χ3n) is 6.28. The van der Waals surface area contributed by atoms with Crippen molar-refractivity contribution in [2.24, 2.45) is 11.3 Å². The van der Waals surface area contributed by atoms with E-state index in [0.29, 0.717) is 0 Å². The summed E-state index contributed by atoms with van der Waals surface area (Å²) in [5, 5.41) is 12.2. The SMILES string of the molecule is COC(C(=O)N[C@H](C(=O)N(C)[C@H](/C=C(\C)C(=O)O)C(C)C)C(C)(C)C)C(C)(C)c1ccccc1. The van der Waals surface area contributed by atoms with Crippen molar-refractivity contribution in [3.8, 4) is 0 Å². The van der Waals surface area contributed by atoms with E-state index in [1.807, 2.05) is 78.8 Å². The van der Waals surface area contributed by atoms with Crippen molar-refractivity contribution in [2.45, 2.75) is 79.0 Å². The molecule has 0 heterocycles. The quantitative estimate of drug-likeness (QED) is 0.499. The lowest BCUT2D eigenvalue weighted by Gasteiger charge is -2.39. The zero-order valence-electron chi connectivity index (χ0n) is 22.3. The van der Waals surface area contributed by atoms with Gasteiger partial charge in [-0.25, -0.2) is 4.79 Å². The maximum atomic E-state index is 13.6. The van der Waals surface area contributed by atoms with E-state index < -0.39 is 35.0 Å². The molecule has 0 bridgehead atoms. The van der Waals surface area contributed by atoms with Crippen LogP contribution in [0, 0.1) is 11.3 Å². The molecule has 0 saturated heterocycles. The first-order chi connectivity index (χ1) is 15.5. The Morgan fingerprint density at radius 2 is 1.59 bits per heavy atom. The number of rotatable bonds is 10. The van der Waals surface area contributed by atoms with Crippen molar-refractivity contribution in [1.82, 2.24) is 10.2 Å². The number of carbonyl (C=O) groups excluding carboxylic acids is 2. The van der Waals surface area contributed by atoms with E-state index in [-0.39, 0.29) is 23.3 Å². The summed E-state index contributed by atoms with van der Waals surface area (Å²) in [4.78, 5) is 40.0. The lowest BCUT2D eigenvalue weighted by molar-refractivity contribution is -0.144. The first-order valence-corrected chi connectivity index (χ1v) is 11.6. The number of amides is 2. The highest BCUT2D eigenvalue weighted by Gasteiger charge is 2.42. The summed E-state index contributed by atoms with van der Waals surface area (Å²) in [5.74, 6) is -1.72. The van der Waals surface area contributed by atoms with E-state index in [1.165, 1.54) is 18.9 Å². The molecule has 0 aliphatic carbocycles. The first kappa shape index (κ1) is 29.4. The number of carboxylic acid groups (broad SMARTS) is 1. The third-order valence-corrected chi connectivity index (χ3v) is 6.28. The minimum Gasteiger partial charge on any atom is -0.478 e. The monoisotopic (exact) mass is 474 g/mol. The average molecular weight is 475 g/mol. The van der Waals surface area contributed by atoms with Crippen LogP contribution >= 0.6 is 0 Å². The number of likely N-dealkylation sites (N-methyl/N-ethyl adjacent to an activating group) is 1. The summed E-state index contributed by atoms with van der Waals surface area (Å²) >= 11 is 0. The number of nitrogens with zero attached hydrogens (tertiary/aromatic N) is 1. The molecule has 2 N–H and O–H groups in total. The average Bonchev–Trinajstić information content (AvgIpc) is 2.74. The van der Waals surface area contributed by atoms with Crippen LogP contribution in [-0.2, 0) is 24.5 Å². The molecule has 7 heteroatoms. The van der Waals surface area contributed by atoms with Crippen molar-refractivity contribution in [3.63, 3.8) is 0 Å². The zero-order chi connectivity index (χ0) is 26.4. The molecule has 0 fully saturated rings. The fourth-order valence-corrected chi connectivity index (χ4v) is 4.04. The maximum absolute atomic E-state index is 13.6. The highest BCUT2D eigenvalue weighted by Crippen LogP contribution is 2.30. The van der Waals surface area contributed by atoms with Crippen molar-refractivity contribution in [1.29, 1.82) is 0 Å². The van der Waals surface area contributed by atoms with Gasteiger partial charge in [0.15, 0.2) is 0 Å². The zero-order valence-corrected chi connectivity index (χ0v) is 22.3. The second-order valence-electron chi connectivity index (χ2n) is 10.8. The molecule has 3 atom stereocenters. The van der Waals surface area contributed by atoms with E-state index in [0.717, 1.165) is 5.56 Å². The van der Waals surface area contributed by atoms with Crippen LogP contribution < -0.4 is 5.32 Å². The van der Waals surface area contributed by atoms with Crippen LogP contribution in [0.25, 0.3) is 0 Å². The molecule has 7 nitrogen and oxygen atoms in total. The lowest BCUT2D eigenvalue weighted by Crippen LogP contribution is -2.59. The van der Waals surface area contributed by atoms with Gasteiger partial charge in [-0.2, -0.15) is 0 Å². The molecule has 0 aliphatic rings. The molecule has 34 heavy (non-hydrogen) atoms. The summed E-state index contributed by atoms with van der Waals surface area (Å²) in [6.45, 7) is 14.9. The van der Waals surface area contributed by atoms with Crippen LogP contribution in [0.2, 0.25) is 0 Å². The van der Waals surface area contributed by atoms with Crippen molar-refractivity contribution >= 4 is 17.8 Å². The van der Waals surface area contributed by atoms with Crippen LogP contribution in [0.5, 0.6) is 0 Å². The van der Waals surface area contributed by atoms with Gasteiger partial charge in [0, 0.05) is 25.1 Å². The van der Waals surface area contributed by atoms with Gasteiger partial charge < -0.3 is 20.1 Å². The fourth-order valence-electron chi connectivity index (χ4n) is 4.04. The van der Waals surface area contributed by atoms with Crippen LogP contribution in [0.4, 0.5) is 0 Å². The van der Waals surface area contributed by atoms with E-state index >= 15 is 0 Å². The largest absolute Gasteiger partial charge is 0.478 e. The molecule has 1 aromatic rings. The maximum Gasteiger partial charge on any atom is 0.331 e. The number of methoxy groups -OCH3 is 1. The summed E-state index contributed by atoms with van der Waals surface area (Å²) in [6.07, 6.45) is 0.760. The predicted molar refractivity (Wildman–Crippen MR) is 134 cm³/mol. The minimum atomic E-state index is -1.03. The highest BCUT2D eigenvalue weighted by molar-refractivity contribution is 5.91. The molecule has 0 saturated carbocycles. The van der Waals surface area contributed by atoms with E-state index in [4.69, 9.17) is 4.74 Å². The Morgan fingerprint density at radius 1 is 1.06 bits per heavy atom. The molecule has 0 aromatic heterocycles. The Hall–Kier alpha value is -2.67. The molecule has 2 amide bonds. The standard InChI is InChI=1S/C27H42N2O5/c1-17(2)20(16-18(3)25(32)33)29(9)24(31)21(26(4,5)6)28-23(30)22(34-10)27(7,8)19-14-12-11-13-15-19/h11-17,20-22H,1-10H3,(H,28,30)(H,32,33)/b18-16+/t20-,21-,22?/m1/s1. The number of ether oxygens (including phenoxy) is 1. The number of benzene rings is 1. The Bertz CT molecular complexity index is 884. The van der Waals surface area contributed by atoms with Crippen LogP contribution in [0.15, 0.2) is 42.0 Å². The fraction of sp³-hybridized carbons (Fsp3) is 0.593. The molecular formula is C27H42N2O5. The van der Waals surface area contributed by atoms with Crippen molar-refractivity contribution in [3.05, 3.63) is 47.5 Å². The van der Waals surface area contributed by atoms with Gasteiger partial charge >= 0.3 is 5.97 Å². The lowest BCUT2D eigenvalue weighted by atomic mass is 9.78. The van der Waals surface area contributed by atoms with Gasteiger partial charge in [-0.05, 0) is 23.8 Å².